The van der Waals surface area contributed by atoms with E-state index in [1.165, 1.54) is 16.7 Å². The van der Waals surface area contributed by atoms with E-state index in [-0.39, 0.29) is 0 Å². The molecule has 1 heterocycles. The standard InChI is InChI=1S/C29H28ClNO2/c1-32-25-14-10-21(11-15-25)27(8-5-6-18-30)29(22-12-16-26(33-2)17-13-22)24-19-23-7-3-4-9-28(23)31-20-24/h3-4,7,9-17,19-20H,5-6,8,18H2,1-2H3. The minimum Gasteiger partial charge on any atom is -0.497 e. The predicted octanol–water partition coefficient (Wildman–Crippen LogP) is 7.62. The molecule has 0 saturated carbocycles. The number of para-hydroxylation sites is 1. The number of nitrogens with zero attached hydrogens (tertiary/aromatic N) is 1. The van der Waals surface area contributed by atoms with Crippen LogP contribution in [-0.2, 0) is 0 Å². The van der Waals surface area contributed by atoms with Crippen LogP contribution < -0.4 is 9.47 Å². The zero-order valence-electron chi connectivity index (χ0n) is 19.1. The molecule has 0 aliphatic carbocycles. The van der Waals surface area contributed by atoms with Crippen molar-refractivity contribution >= 4 is 33.7 Å². The van der Waals surface area contributed by atoms with Crippen LogP contribution in [0.5, 0.6) is 11.5 Å². The Balaban J connectivity index is 1.94. The van der Waals surface area contributed by atoms with Gasteiger partial charge in [-0.15, -0.1) is 11.6 Å². The Bertz CT molecular complexity index is 1230. The predicted molar refractivity (Wildman–Crippen MR) is 138 cm³/mol. The van der Waals surface area contributed by atoms with Crippen LogP contribution in [0.1, 0.15) is 36.0 Å². The van der Waals surface area contributed by atoms with Gasteiger partial charge in [-0.3, -0.25) is 4.98 Å². The summed E-state index contributed by atoms with van der Waals surface area (Å²) in [7, 11) is 3.38. The number of benzene rings is 3. The van der Waals surface area contributed by atoms with Gasteiger partial charge in [0.2, 0.25) is 0 Å². The Morgan fingerprint density at radius 2 is 1.39 bits per heavy atom. The maximum absolute atomic E-state index is 6.03. The summed E-state index contributed by atoms with van der Waals surface area (Å²) in [5.41, 5.74) is 6.83. The van der Waals surface area contributed by atoms with Gasteiger partial charge in [0, 0.05) is 23.0 Å². The number of pyridine rings is 1. The smallest absolute Gasteiger partial charge is 0.118 e. The van der Waals surface area contributed by atoms with Crippen molar-refractivity contribution in [2.45, 2.75) is 19.3 Å². The third-order valence-electron chi connectivity index (χ3n) is 5.81. The van der Waals surface area contributed by atoms with Crippen molar-refractivity contribution in [3.05, 3.63) is 102 Å². The second-order valence-electron chi connectivity index (χ2n) is 7.87. The number of allylic oxidation sites excluding steroid dienone is 1. The van der Waals surface area contributed by atoms with Crippen LogP contribution in [0.15, 0.2) is 85.1 Å². The monoisotopic (exact) mass is 457 g/mol. The average molecular weight is 458 g/mol. The summed E-state index contributed by atoms with van der Waals surface area (Å²) in [6.07, 6.45) is 4.86. The van der Waals surface area contributed by atoms with Crippen LogP contribution in [0.2, 0.25) is 0 Å². The first-order chi connectivity index (χ1) is 16.2. The molecule has 0 radical (unpaired) electrons. The molecule has 1 aromatic heterocycles. The van der Waals surface area contributed by atoms with E-state index in [1.54, 1.807) is 14.2 Å². The van der Waals surface area contributed by atoms with E-state index < -0.39 is 0 Å². The van der Waals surface area contributed by atoms with E-state index in [0.29, 0.717) is 5.88 Å². The van der Waals surface area contributed by atoms with E-state index in [0.717, 1.165) is 52.8 Å². The topological polar surface area (TPSA) is 31.4 Å². The van der Waals surface area contributed by atoms with Gasteiger partial charge in [0.05, 0.1) is 19.7 Å². The quantitative estimate of drug-likeness (QED) is 0.147. The van der Waals surface area contributed by atoms with Gasteiger partial charge in [0.15, 0.2) is 0 Å². The van der Waals surface area contributed by atoms with Gasteiger partial charge >= 0.3 is 0 Å². The van der Waals surface area contributed by atoms with Crippen molar-refractivity contribution < 1.29 is 9.47 Å². The fourth-order valence-electron chi connectivity index (χ4n) is 4.08. The molecule has 3 aromatic carbocycles. The average Bonchev–Trinajstić information content (AvgIpc) is 2.88. The Labute approximate surface area is 200 Å². The molecule has 0 fully saturated rings. The lowest BCUT2D eigenvalue weighted by Crippen LogP contribution is -1.98. The summed E-state index contributed by atoms with van der Waals surface area (Å²) < 4.78 is 10.8. The minimum atomic E-state index is 0.658. The number of unbranched alkanes of at least 4 members (excludes halogenated alkanes) is 1. The lowest BCUT2D eigenvalue weighted by Gasteiger charge is -2.18. The number of methoxy groups -OCH3 is 2. The molecule has 0 atom stereocenters. The highest BCUT2D eigenvalue weighted by Gasteiger charge is 2.16. The number of fused-ring (bicyclic) bond motifs is 1. The molecule has 0 aliphatic rings. The van der Waals surface area contributed by atoms with Gasteiger partial charge in [-0.1, -0.05) is 42.5 Å². The third-order valence-corrected chi connectivity index (χ3v) is 6.08. The van der Waals surface area contributed by atoms with Crippen molar-refractivity contribution in [2.24, 2.45) is 0 Å². The maximum Gasteiger partial charge on any atom is 0.118 e. The van der Waals surface area contributed by atoms with Crippen LogP contribution in [0, 0.1) is 0 Å². The van der Waals surface area contributed by atoms with Gasteiger partial charge in [-0.2, -0.15) is 0 Å². The minimum absolute atomic E-state index is 0.658. The molecule has 4 rings (SSSR count). The molecule has 4 heteroatoms. The molecular weight excluding hydrogens is 430 g/mol. The highest BCUT2D eigenvalue weighted by Crippen LogP contribution is 2.37. The lowest BCUT2D eigenvalue weighted by molar-refractivity contribution is 0.414. The first kappa shape index (κ1) is 22.9. The summed E-state index contributed by atoms with van der Waals surface area (Å²) in [6, 6.07) is 27.0. The van der Waals surface area contributed by atoms with Gasteiger partial charge < -0.3 is 9.47 Å². The fourth-order valence-corrected chi connectivity index (χ4v) is 4.27. The Kier molecular flexibility index (Phi) is 7.64. The number of ether oxygens (including phenoxy) is 2. The van der Waals surface area contributed by atoms with Crippen molar-refractivity contribution in [1.82, 2.24) is 4.98 Å². The summed E-state index contributed by atoms with van der Waals surface area (Å²) in [5, 5.41) is 1.12. The highest BCUT2D eigenvalue weighted by molar-refractivity contribution is 6.17. The number of hydrogen-bond acceptors (Lipinski definition) is 3. The summed E-state index contributed by atoms with van der Waals surface area (Å²) in [4.78, 5) is 4.76. The highest BCUT2D eigenvalue weighted by atomic mass is 35.5. The second-order valence-corrected chi connectivity index (χ2v) is 8.25. The Hall–Kier alpha value is -3.30. The first-order valence-electron chi connectivity index (χ1n) is 11.2. The van der Waals surface area contributed by atoms with Crippen LogP contribution in [0.4, 0.5) is 0 Å². The lowest BCUT2D eigenvalue weighted by atomic mass is 9.87. The molecule has 0 amide bonds. The molecule has 33 heavy (non-hydrogen) atoms. The van der Waals surface area contributed by atoms with Crippen molar-refractivity contribution in [3.8, 4) is 11.5 Å². The van der Waals surface area contributed by atoms with Crippen LogP contribution in [0.25, 0.3) is 22.0 Å². The molecule has 0 saturated heterocycles. The fraction of sp³-hybridized carbons (Fsp3) is 0.207. The largest absolute Gasteiger partial charge is 0.497 e. The molecule has 0 spiro atoms. The number of rotatable bonds is 9. The van der Waals surface area contributed by atoms with Crippen LogP contribution >= 0.6 is 11.6 Å². The molecule has 4 aromatic rings. The van der Waals surface area contributed by atoms with Crippen LogP contribution in [-0.4, -0.2) is 25.1 Å². The molecule has 0 aliphatic heterocycles. The van der Waals surface area contributed by atoms with E-state index in [9.17, 15) is 0 Å². The number of alkyl halides is 1. The molecule has 168 valence electrons. The second kappa shape index (κ2) is 11.0. The van der Waals surface area contributed by atoms with E-state index in [4.69, 9.17) is 26.1 Å². The number of aromatic nitrogens is 1. The van der Waals surface area contributed by atoms with Gasteiger partial charge in [-0.25, -0.2) is 0 Å². The maximum atomic E-state index is 6.03. The van der Waals surface area contributed by atoms with E-state index >= 15 is 0 Å². The molecular formula is C29H28ClNO2. The van der Waals surface area contributed by atoms with E-state index in [1.807, 2.05) is 42.6 Å². The SMILES string of the molecule is COc1ccc(C(CCCCCl)=C(c2ccc(OC)cc2)c2cnc3ccccc3c2)cc1. The van der Waals surface area contributed by atoms with Gasteiger partial charge in [0.25, 0.3) is 0 Å². The number of hydrogen-bond donors (Lipinski definition) is 0. The molecule has 3 nitrogen and oxygen atoms in total. The van der Waals surface area contributed by atoms with Gasteiger partial charge in [-0.05, 0) is 77.9 Å². The Morgan fingerprint density at radius 3 is 2.03 bits per heavy atom. The van der Waals surface area contributed by atoms with E-state index in [2.05, 4.69) is 42.5 Å². The van der Waals surface area contributed by atoms with Gasteiger partial charge in [0.1, 0.15) is 11.5 Å². The Morgan fingerprint density at radius 1 is 0.758 bits per heavy atom. The summed E-state index contributed by atoms with van der Waals surface area (Å²) in [5.74, 6) is 2.34. The summed E-state index contributed by atoms with van der Waals surface area (Å²) in [6.45, 7) is 0. The van der Waals surface area contributed by atoms with Crippen molar-refractivity contribution in [1.29, 1.82) is 0 Å². The number of halogens is 1. The third kappa shape index (κ3) is 5.37. The van der Waals surface area contributed by atoms with Crippen molar-refractivity contribution in [2.75, 3.05) is 20.1 Å². The van der Waals surface area contributed by atoms with Crippen LogP contribution in [0.3, 0.4) is 0 Å². The van der Waals surface area contributed by atoms with Crippen molar-refractivity contribution in [3.63, 3.8) is 0 Å². The molecule has 0 unspecified atom stereocenters. The molecule has 0 bridgehead atoms. The zero-order valence-corrected chi connectivity index (χ0v) is 19.8. The first-order valence-corrected chi connectivity index (χ1v) is 11.7. The molecule has 0 N–H and O–H groups in total. The zero-order chi connectivity index (χ0) is 23.0. The normalized spacial score (nSPS) is 11.8. The summed E-state index contributed by atoms with van der Waals surface area (Å²) >= 11 is 6.03.